The van der Waals surface area contributed by atoms with Gasteiger partial charge in [-0.3, -0.25) is 9.80 Å². The largest absolute Gasteiger partial charge is 0.492 e. The SMILES string of the molecule is C[C@@H]1Cc2c([nH]c3ccccc23)[C@@H](c2c(F)cc(OCCN3CC(CCl)C3)cc2F)N1CC(C)(C)F. The predicted octanol–water partition coefficient (Wildman–Crippen LogP) is 6.08. The van der Waals surface area contributed by atoms with Crippen molar-refractivity contribution in [2.75, 3.05) is 38.7 Å². The van der Waals surface area contributed by atoms with Gasteiger partial charge >= 0.3 is 0 Å². The van der Waals surface area contributed by atoms with Crippen LogP contribution in [0, 0.1) is 17.6 Å². The topological polar surface area (TPSA) is 31.5 Å². The predicted molar refractivity (Wildman–Crippen MR) is 138 cm³/mol. The van der Waals surface area contributed by atoms with E-state index in [9.17, 15) is 4.39 Å². The minimum atomic E-state index is -1.54. The van der Waals surface area contributed by atoms with Crippen LogP contribution in [-0.2, 0) is 6.42 Å². The summed E-state index contributed by atoms with van der Waals surface area (Å²) in [4.78, 5) is 7.47. The first-order valence-corrected chi connectivity index (χ1v) is 13.1. The Balaban J connectivity index is 1.47. The Morgan fingerprint density at radius 1 is 1.14 bits per heavy atom. The fraction of sp³-hybridized carbons (Fsp3) is 0.500. The van der Waals surface area contributed by atoms with Crippen LogP contribution in [0.2, 0.25) is 0 Å². The molecule has 0 spiro atoms. The molecule has 2 aliphatic heterocycles. The minimum absolute atomic E-state index is 0.0455. The molecule has 3 heterocycles. The monoisotopic (exact) mass is 519 g/mol. The Hall–Kier alpha value is -2.22. The van der Waals surface area contributed by atoms with Crippen LogP contribution in [-0.4, -0.2) is 65.2 Å². The van der Waals surface area contributed by atoms with Gasteiger partial charge in [0.2, 0.25) is 0 Å². The molecular formula is C28H33ClF3N3O. The molecule has 194 valence electrons. The number of halogens is 4. The number of aromatic amines is 1. The van der Waals surface area contributed by atoms with E-state index < -0.39 is 23.3 Å². The van der Waals surface area contributed by atoms with E-state index in [2.05, 4.69) is 9.88 Å². The number of nitrogens with one attached hydrogen (secondary N) is 1. The Morgan fingerprint density at radius 2 is 1.83 bits per heavy atom. The second-order valence-electron chi connectivity index (χ2n) is 10.8. The highest BCUT2D eigenvalue weighted by Gasteiger charge is 2.41. The summed E-state index contributed by atoms with van der Waals surface area (Å²) in [5, 5.41) is 1.03. The van der Waals surface area contributed by atoms with Crippen LogP contribution in [0.3, 0.4) is 0 Å². The number of nitrogens with zero attached hydrogens (tertiary/aromatic N) is 2. The lowest BCUT2D eigenvalue weighted by molar-refractivity contribution is 0.0641. The summed E-state index contributed by atoms with van der Waals surface area (Å²) in [6, 6.07) is 9.45. The summed E-state index contributed by atoms with van der Waals surface area (Å²) in [5.41, 5.74) is 1.03. The van der Waals surface area contributed by atoms with Gasteiger partial charge in [-0.05, 0) is 44.7 Å². The van der Waals surface area contributed by atoms with Gasteiger partial charge in [-0.25, -0.2) is 13.2 Å². The number of alkyl halides is 2. The molecular weight excluding hydrogens is 487 g/mol. The summed E-state index contributed by atoms with van der Waals surface area (Å²) < 4.78 is 51.9. The van der Waals surface area contributed by atoms with Gasteiger partial charge in [0.15, 0.2) is 0 Å². The number of para-hydroxylation sites is 1. The fourth-order valence-corrected chi connectivity index (χ4v) is 5.85. The number of H-pyrrole nitrogens is 1. The van der Waals surface area contributed by atoms with Crippen LogP contribution in [0.5, 0.6) is 5.75 Å². The lowest BCUT2D eigenvalue weighted by atomic mass is 9.87. The molecule has 1 N–H and O–H groups in total. The zero-order valence-electron chi connectivity index (χ0n) is 21.0. The summed E-state index contributed by atoms with van der Waals surface area (Å²) in [6.45, 7) is 7.87. The lowest BCUT2D eigenvalue weighted by Gasteiger charge is -2.43. The van der Waals surface area contributed by atoms with Crippen molar-refractivity contribution in [1.29, 1.82) is 0 Å². The molecule has 3 aromatic rings. The number of benzene rings is 2. The van der Waals surface area contributed by atoms with Crippen molar-refractivity contribution in [1.82, 2.24) is 14.8 Å². The van der Waals surface area contributed by atoms with Crippen molar-refractivity contribution in [3.05, 3.63) is 64.9 Å². The van der Waals surface area contributed by atoms with Gasteiger partial charge in [0.05, 0.1) is 6.04 Å². The number of fused-ring (bicyclic) bond motifs is 3. The first-order chi connectivity index (χ1) is 17.1. The quantitative estimate of drug-likeness (QED) is 0.366. The Bertz CT molecular complexity index is 1210. The average molecular weight is 520 g/mol. The van der Waals surface area contributed by atoms with E-state index in [0.29, 0.717) is 31.4 Å². The number of rotatable bonds is 8. The third kappa shape index (κ3) is 4.98. The molecule has 0 unspecified atom stereocenters. The normalized spacial score (nSPS) is 21.5. The number of hydrogen-bond acceptors (Lipinski definition) is 3. The van der Waals surface area contributed by atoms with E-state index in [4.69, 9.17) is 16.3 Å². The zero-order valence-corrected chi connectivity index (χ0v) is 21.7. The van der Waals surface area contributed by atoms with Crippen LogP contribution >= 0.6 is 11.6 Å². The second kappa shape index (κ2) is 9.92. The third-order valence-electron chi connectivity index (χ3n) is 7.33. The molecule has 0 radical (unpaired) electrons. The van der Waals surface area contributed by atoms with Gasteiger partial charge in [-0.1, -0.05) is 18.2 Å². The number of hydrogen-bond donors (Lipinski definition) is 1. The average Bonchev–Trinajstić information content (AvgIpc) is 3.14. The van der Waals surface area contributed by atoms with E-state index in [0.717, 1.165) is 35.2 Å². The van der Waals surface area contributed by atoms with Gasteiger partial charge in [-0.2, -0.15) is 0 Å². The summed E-state index contributed by atoms with van der Waals surface area (Å²) >= 11 is 5.85. The Morgan fingerprint density at radius 3 is 2.50 bits per heavy atom. The standard InChI is InChI=1S/C28H33ClF3N3O/c1-17-10-21-20-6-4-5-7-24(20)33-26(21)27(35(17)16-28(2,3)32)25-22(30)11-19(12-23(25)31)36-9-8-34-14-18(13-29)15-34/h4-7,11-12,17-18,27,33H,8-10,13-16H2,1-3H3/t17-,27-/m1/s1. The van der Waals surface area contributed by atoms with Crippen molar-refractivity contribution in [2.45, 2.75) is 44.9 Å². The molecule has 2 atom stereocenters. The third-order valence-corrected chi connectivity index (χ3v) is 7.77. The van der Waals surface area contributed by atoms with E-state index in [1.54, 1.807) is 0 Å². The summed E-state index contributed by atoms with van der Waals surface area (Å²) in [7, 11) is 0. The molecule has 0 amide bonds. The first kappa shape index (κ1) is 25.4. The zero-order chi connectivity index (χ0) is 25.6. The van der Waals surface area contributed by atoms with Crippen molar-refractivity contribution in [3.8, 4) is 5.75 Å². The van der Waals surface area contributed by atoms with Crippen molar-refractivity contribution >= 4 is 22.5 Å². The minimum Gasteiger partial charge on any atom is -0.492 e. The molecule has 4 nitrogen and oxygen atoms in total. The van der Waals surface area contributed by atoms with Crippen LogP contribution in [0.1, 0.15) is 43.6 Å². The molecule has 1 aromatic heterocycles. The van der Waals surface area contributed by atoms with E-state index >= 15 is 8.78 Å². The molecule has 36 heavy (non-hydrogen) atoms. The Kier molecular flexibility index (Phi) is 7.01. The van der Waals surface area contributed by atoms with Gasteiger partial charge < -0.3 is 9.72 Å². The molecule has 1 fully saturated rings. The van der Waals surface area contributed by atoms with E-state index in [1.165, 1.54) is 26.0 Å². The van der Waals surface area contributed by atoms with Crippen LogP contribution in [0.25, 0.3) is 10.9 Å². The van der Waals surface area contributed by atoms with Crippen molar-refractivity contribution < 1.29 is 17.9 Å². The first-order valence-electron chi connectivity index (χ1n) is 12.6. The second-order valence-corrected chi connectivity index (χ2v) is 11.1. The molecule has 8 heteroatoms. The smallest absolute Gasteiger partial charge is 0.135 e. The molecule has 0 saturated carbocycles. The maximum Gasteiger partial charge on any atom is 0.135 e. The van der Waals surface area contributed by atoms with E-state index in [-0.39, 0.29) is 23.9 Å². The molecule has 0 aliphatic carbocycles. The highest BCUT2D eigenvalue weighted by Crippen LogP contribution is 2.43. The molecule has 1 saturated heterocycles. The van der Waals surface area contributed by atoms with Crippen molar-refractivity contribution in [2.24, 2.45) is 5.92 Å². The fourth-order valence-electron chi connectivity index (χ4n) is 5.65. The van der Waals surface area contributed by atoms with Gasteiger partial charge in [-0.15, -0.1) is 11.6 Å². The van der Waals surface area contributed by atoms with Crippen LogP contribution in [0.4, 0.5) is 13.2 Å². The highest BCUT2D eigenvalue weighted by molar-refractivity contribution is 6.18. The van der Waals surface area contributed by atoms with Crippen LogP contribution in [0.15, 0.2) is 36.4 Å². The van der Waals surface area contributed by atoms with Crippen molar-refractivity contribution in [3.63, 3.8) is 0 Å². The summed E-state index contributed by atoms with van der Waals surface area (Å²) in [5.74, 6) is -0.0844. The van der Waals surface area contributed by atoms with Gasteiger partial charge in [0.1, 0.15) is 29.7 Å². The molecule has 2 aliphatic rings. The lowest BCUT2D eigenvalue weighted by Crippen LogP contribution is -2.48. The highest BCUT2D eigenvalue weighted by atomic mass is 35.5. The molecule has 2 aromatic carbocycles. The summed E-state index contributed by atoms with van der Waals surface area (Å²) in [6.07, 6.45) is 0.664. The van der Waals surface area contributed by atoms with Gasteiger partial charge in [0.25, 0.3) is 0 Å². The van der Waals surface area contributed by atoms with Crippen LogP contribution < -0.4 is 4.74 Å². The number of aromatic nitrogens is 1. The molecule has 5 rings (SSSR count). The number of ether oxygens (including phenoxy) is 1. The maximum absolute atomic E-state index is 15.7. The Labute approximate surface area is 215 Å². The number of likely N-dealkylation sites (tertiary alicyclic amines) is 1. The van der Waals surface area contributed by atoms with E-state index in [1.807, 2.05) is 36.1 Å². The maximum atomic E-state index is 15.7. The molecule has 0 bridgehead atoms. The van der Waals surface area contributed by atoms with Gasteiger partial charge in [0, 0.05) is 72.4 Å².